The highest BCUT2D eigenvalue weighted by Crippen LogP contribution is 2.18. The molecule has 1 saturated carbocycles. The zero-order valence-electron chi connectivity index (χ0n) is 8.07. The molecule has 1 aliphatic carbocycles. The molecule has 1 N–H and O–H groups in total. The van der Waals surface area contributed by atoms with Gasteiger partial charge in [-0.05, 0) is 25.0 Å². The lowest BCUT2D eigenvalue weighted by atomic mass is 10.1. The zero-order chi connectivity index (χ0) is 9.80. The number of hydrogen-bond donors (Lipinski definition) is 1. The number of rotatable bonds is 5. The summed E-state index contributed by atoms with van der Waals surface area (Å²) in [4.78, 5) is 15.5. The Kier molecular flexibility index (Phi) is 2.89. The number of ketones is 1. The van der Waals surface area contributed by atoms with Gasteiger partial charge in [-0.1, -0.05) is 0 Å². The number of hydrogen-bond acceptors (Lipinski definition) is 3. The lowest BCUT2D eigenvalue weighted by Gasteiger charge is -2.01. The fourth-order valence-corrected chi connectivity index (χ4v) is 1.35. The Balaban J connectivity index is 1.77. The summed E-state index contributed by atoms with van der Waals surface area (Å²) in [6.45, 7) is 0.790. The van der Waals surface area contributed by atoms with Crippen molar-refractivity contribution in [2.75, 3.05) is 6.54 Å². The fourth-order valence-electron chi connectivity index (χ4n) is 1.35. The lowest BCUT2D eigenvalue weighted by Crippen LogP contribution is -2.20. The number of nitrogens with zero attached hydrogens (tertiary/aromatic N) is 1. The van der Waals surface area contributed by atoms with Gasteiger partial charge in [-0.3, -0.25) is 9.78 Å². The average Bonchev–Trinajstić information content (AvgIpc) is 3.03. The molecule has 74 valence electrons. The molecule has 0 radical (unpaired) electrons. The summed E-state index contributed by atoms with van der Waals surface area (Å²) >= 11 is 0. The predicted octanol–water partition coefficient (Wildman–Crippen LogP) is 1.41. The molecule has 1 fully saturated rings. The molecule has 3 heteroatoms. The number of pyridine rings is 1. The number of carbonyl (C=O) groups excluding carboxylic acids is 1. The topological polar surface area (TPSA) is 42.0 Å². The Morgan fingerprint density at radius 2 is 2.43 bits per heavy atom. The summed E-state index contributed by atoms with van der Waals surface area (Å²) in [6.07, 6.45) is 6.41. The molecule has 0 unspecified atom stereocenters. The molecule has 1 aromatic rings. The third-order valence-corrected chi connectivity index (χ3v) is 2.35. The van der Waals surface area contributed by atoms with Crippen LogP contribution in [0.15, 0.2) is 24.5 Å². The minimum absolute atomic E-state index is 0.172. The summed E-state index contributed by atoms with van der Waals surface area (Å²) in [6, 6.07) is 4.28. The van der Waals surface area contributed by atoms with E-state index in [0.717, 1.165) is 6.54 Å². The Labute approximate surface area is 83.5 Å². The van der Waals surface area contributed by atoms with Gasteiger partial charge >= 0.3 is 0 Å². The largest absolute Gasteiger partial charge is 0.314 e. The summed E-state index contributed by atoms with van der Waals surface area (Å²) < 4.78 is 0. The quantitative estimate of drug-likeness (QED) is 0.714. The predicted molar refractivity (Wildman–Crippen MR) is 54.2 cm³/mol. The second kappa shape index (κ2) is 4.33. The Morgan fingerprint density at radius 1 is 1.57 bits per heavy atom. The molecule has 0 bridgehead atoms. The van der Waals surface area contributed by atoms with Crippen molar-refractivity contribution in [1.82, 2.24) is 10.3 Å². The molecule has 0 aliphatic heterocycles. The fraction of sp³-hybridized carbons (Fsp3) is 0.455. The van der Waals surface area contributed by atoms with Gasteiger partial charge in [0.25, 0.3) is 0 Å². The van der Waals surface area contributed by atoms with Crippen molar-refractivity contribution in [2.45, 2.75) is 25.3 Å². The van der Waals surface area contributed by atoms with Crippen LogP contribution in [0, 0.1) is 0 Å². The molecule has 2 rings (SSSR count). The SMILES string of the molecule is O=C(CCNC1CC1)c1cccnc1. The van der Waals surface area contributed by atoms with E-state index < -0.39 is 0 Å². The molecule has 0 amide bonds. The van der Waals surface area contributed by atoms with Crippen LogP contribution < -0.4 is 5.32 Å². The number of nitrogens with one attached hydrogen (secondary N) is 1. The van der Waals surface area contributed by atoms with E-state index in [0.29, 0.717) is 18.0 Å². The van der Waals surface area contributed by atoms with Gasteiger partial charge in [0.05, 0.1) is 0 Å². The van der Waals surface area contributed by atoms with Crippen molar-refractivity contribution in [3.05, 3.63) is 30.1 Å². The average molecular weight is 190 g/mol. The van der Waals surface area contributed by atoms with Crippen molar-refractivity contribution in [2.24, 2.45) is 0 Å². The third-order valence-electron chi connectivity index (χ3n) is 2.35. The van der Waals surface area contributed by atoms with Gasteiger partial charge in [0.1, 0.15) is 0 Å². The van der Waals surface area contributed by atoms with Crippen LogP contribution in [0.4, 0.5) is 0 Å². The standard InChI is InChI=1S/C11H14N2O/c14-11(5-7-13-10-3-4-10)9-2-1-6-12-8-9/h1-2,6,8,10,13H,3-5,7H2. The molecule has 0 atom stereocenters. The zero-order valence-corrected chi connectivity index (χ0v) is 8.07. The molecule has 1 aliphatic rings. The van der Waals surface area contributed by atoms with Crippen LogP contribution in [0.25, 0.3) is 0 Å². The lowest BCUT2D eigenvalue weighted by molar-refractivity contribution is 0.0982. The first-order valence-corrected chi connectivity index (χ1v) is 5.03. The Hall–Kier alpha value is -1.22. The van der Waals surface area contributed by atoms with Crippen molar-refractivity contribution in [1.29, 1.82) is 0 Å². The van der Waals surface area contributed by atoms with Crippen LogP contribution in [0.5, 0.6) is 0 Å². The smallest absolute Gasteiger partial charge is 0.165 e. The first kappa shape index (κ1) is 9.34. The van der Waals surface area contributed by atoms with Crippen LogP contribution in [0.2, 0.25) is 0 Å². The van der Waals surface area contributed by atoms with E-state index in [2.05, 4.69) is 10.3 Å². The second-order valence-corrected chi connectivity index (χ2v) is 3.64. The highest BCUT2D eigenvalue weighted by atomic mass is 16.1. The summed E-state index contributed by atoms with van der Waals surface area (Å²) in [5.74, 6) is 0.172. The van der Waals surface area contributed by atoms with Gasteiger partial charge < -0.3 is 5.32 Å². The van der Waals surface area contributed by atoms with Crippen LogP contribution in [-0.4, -0.2) is 23.4 Å². The number of aromatic nitrogens is 1. The van der Waals surface area contributed by atoms with E-state index in [-0.39, 0.29) is 5.78 Å². The monoisotopic (exact) mass is 190 g/mol. The van der Waals surface area contributed by atoms with Crippen LogP contribution in [0.3, 0.4) is 0 Å². The van der Waals surface area contributed by atoms with Crippen LogP contribution in [-0.2, 0) is 0 Å². The van der Waals surface area contributed by atoms with E-state index in [4.69, 9.17) is 0 Å². The van der Waals surface area contributed by atoms with Gasteiger partial charge in [-0.25, -0.2) is 0 Å². The normalized spacial score (nSPS) is 15.4. The first-order valence-electron chi connectivity index (χ1n) is 5.03. The van der Waals surface area contributed by atoms with Crippen molar-refractivity contribution in [3.8, 4) is 0 Å². The van der Waals surface area contributed by atoms with Crippen LogP contribution in [0.1, 0.15) is 29.6 Å². The second-order valence-electron chi connectivity index (χ2n) is 3.64. The maximum atomic E-state index is 11.6. The van der Waals surface area contributed by atoms with Gasteiger partial charge in [0, 0.05) is 37.0 Å². The highest BCUT2D eigenvalue weighted by Gasteiger charge is 2.20. The molecule has 14 heavy (non-hydrogen) atoms. The maximum absolute atomic E-state index is 11.6. The Bertz CT molecular complexity index is 306. The molecular formula is C11H14N2O. The summed E-state index contributed by atoms with van der Waals surface area (Å²) in [5, 5.41) is 3.32. The van der Waals surface area contributed by atoms with E-state index in [1.165, 1.54) is 12.8 Å². The van der Waals surface area contributed by atoms with Gasteiger partial charge in [0.2, 0.25) is 0 Å². The minimum atomic E-state index is 0.172. The first-order chi connectivity index (χ1) is 6.86. The minimum Gasteiger partial charge on any atom is -0.314 e. The van der Waals surface area contributed by atoms with Crippen molar-refractivity contribution < 1.29 is 4.79 Å². The van der Waals surface area contributed by atoms with E-state index >= 15 is 0 Å². The maximum Gasteiger partial charge on any atom is 0.165 e. The van der Waals surface area contributed by atoms with E-state index in [1.807, 2.05) is 6.07 Å². The van der Waals surface area contributed by atoms with E-state index in [9.17, 15) is 4.79 Å². The molecule has 0 spiro atoms. The summed E-state index contributed by atoms with van der Waals surface area (Å²) in [5.41, 5.74) is 0.713. The van der Waals surface area contributed by atoms with Gasteiger partial charge in [0.15, 0.2) is 5.78 Å². The third kappa shape index (κ3) is 2.64. The summed E-state index contributed by atoms with van der Waals surface area (Å²) in [7, 11) is 0. The molecule has 0 saturated heterocycles. The van der Waals surface area contributed by atoms with E-state index in [1.54, 1.807) is 18.5 Å². The molecule has 1 heterocycles. The molecular weight excluding hydrogens is 176 g/mol. The van der Waals surface area contributed by atoms with Crippen molar-refractivity contribution >= 4 is 5.78 Å². The molecule has 3 nitrogen and oxygen atoms in total. The highest BCUT2D eigenvalue weighted by molar-refractivity contribution is 5.95. The van der Waals surface area contributed by atoms with Gasteiger partial charge in [-0.15, -0.1) is 0 Å². The van der Waals surface area contributed by atoms with Crippen LogP contribution >= 0.6 is 0 Å². The number of Topliss-reactive ketones (excluding diaryl/α,β-unsaturated/α-hetero) is 1. The Morgan fingerprint density at radius 3 is 3.07 bits per heavy atom. The molecule has 1 aromatic heterocycles. The number of carbonyl (C=O) groups is 1. The van der Waals surface area contributed by atoms with Gasteiger partial charge in [-0.2, -0.15) is 0 Å². The van der Waals surface area contributed by atoms with Crippen molar-refractivity contribution in [3.63, 3.8) is 0 Å². The molecule has 0 aromatic carbocycles.